The summed E-state index contributed by atoms with van der Waals surface area (Å²) in [7, 11) is 0. The van der Waals surface area contributed by atoms with E-state index >= 15 is 0 Å². The largest absolute Gasteiger partial charge is 0.491 e. The molecule has 5 heteroatoms. The third kappa shape index (κ3) is 6.50. The molecule has 1 fully saturated rings. The molecule has 3 nitrogen and oxygen atoms in total. The van der Waals surface area contributed by atoms with Crippen LogP contribution in [-0.2, 0) is 0 Å². The van der Waals surface area contributed by atoms with Crippen molar-refractivity contribution in [2.24, 2.45) is 5.41 Å². The lowest BCUT2D eigenvalue weighted by Crippen LogP contribution is -2.48. The maximum absolute atomic E-state index is 5.76. The lowest BCUT2D eigenvalue weighted by Gasteiger charge is -2.42. The fraction of sp³-hybridized carbons (Fsp3) is 0.667. The molecule has 0 bridgehead atoms. The molecule has 0 aromatic heterocycles. The molecule has 1 aromatic rings. The standard InChI is InChI=1S/C18H30N2O.2ClH/c1-14(2)21-16-8-6-15(7-9-16)17(18(3,4)5)20-12-10-19-11-13-20;;/h6-9,14,17,19H,10-13H2,1-5H3;2*1H/t17-;;/m1../s1. The monoisotopic (exact) mass is 362 g/mol. The van der Waals surface area contributed by atoms with Gasteiger partial charge in [-0.15, -0.1) is 24.8 Å². The van der Waals surface area contributed by atoms with Gasteiger partial charge < -0.3 is 10.1 Å². The van der Waals surface area contributed by atoms with E-state index in [-0.39, 0.29) is 36.3 Å². The maximum Gasteiger partial charge on any atom is 0.119 e. The number of rotatable bonds is 4. The van der Waals surface area contributed by atoms with Gasteiger partial charge in [-0.1, -0.05) is 32.9 Å². The molecule has 1 saturated heterocycles. The normalized spacial score (nSPS) is 17.1. The minimum atomic E-state index is 0. The highest BCUT2D eigenvalue weighted by Gasteiger charge is 2.32. The van der Waals surface area contributed by atoms with Crippen LogP contribution in [0.3, 0.4) is 0 Å². The summed E-state index contributed by atoms with van der Waals surface area (Å²) in [6, 6.07) is 9.13. The molecule has 0 saturated carbocycles. The first kappa shape index (κ1) is 22.5. The maximum atomic E-state index is 5.76. The van der Waals surface area contributed by atoms with Gasteiger partial charge in [-0.3, -0.25) is 4.90 Å². The van der Waals surface area contributed by atoms with Crippen LogP contribution < -0.4 is 10.1 Å². The molecule has 1 N–H and O–H groups in total. The van der Waals surface area contributed by atoms with Crippen LogP contribution in [0, 0.1) is 5.41 Å². The summed E-state index contributed by atoms with van der Waals surface area (Å²) in [5.74, 6) is 0.960. The lowest BCUT2D eigenvalue weighted by molar-refractivity contribution is 0.0861. The van der Waals surface area contributed by atoms with E-state index in [1.165, 1.54) is 5.56 Å². The van der Waals surface area contributed by atoms with Crippen LogP contribution in [0.2, 0.25) is 0 Å². The van der Waals surface area contributed by atoms with E-state index in [9.17, 15) is 0 Å². The summed E-state index contributed by atoms with van der Waals surface area (Å²) < 4.78 is 5.76. The smallest absolute Gasteiger partial charge is 0.119 e. The second-order valence-corrected chi connectivity index (χ2v) is 7.29. The molecular weight excluding hydrogens is 331 g/mol. The van der Waals surface area contributed by atoms with Gasteiger partial charge in [0.1, 0.15) is 5.75 Å². The molecule has 0 radical (unpaired) electrons. The van der Waals surface area contributed by atoms with E-state index in [4.69, 9.17) is 4.74 Å². The Hall–Kier alpha value is -0.480. The highest BCUT2D eigenvalue weighted by Crippen LogP contribution is 2.38. The van der Waals surface area contributed by atoms with Crippen molar-refractivity contribution in [1.29, 1.82) is 0 Å². The summed E-state index contributed by atoms with van der Waals surface area (Å²) in [4.78, 5) is 2.61. The van der Waals surface area contributed by atoms with E-state index < -0.39 is 0 Å². The molecule has 0 spiro atoms. The third-order valence-electron chi connectivity index (χ3n) is 3.90. The Morgan fingerprint density at radius 1 is 1.00 bits per heavy atom. The topological polar surface area (TPSA) is 24.5 Å². The van der Waals surface area contributed by atoms with Gasteiger partial charge in [0.05, 0.1) is 6.10 Å². The molecule has 0 aliphatic carbocycles. The number of piperazine rings is 1. The summed E-state index contributed by atoms with van der Waals surface area (Å²) in [6.45, 7) is 15.5. The molecule has 1 aliphatic rings. The summed E-state index contributed by atoms with van der Waals surface area (Å²) in [5, 5.41) is 3.44. The zero-order valence-electron chi connectivity index (χ0n) is 15.0. The first-order valence-corrected chi connectivity index (χ1v) is 8.09. The predicted octanol–water partition coefficient (Wildman–Crippen LogP) is 4.31. The van der Waals surface area contributed by atoms with Crippen LogP contribution in [0.5, 0.6) is 5.75 Å². The molecule has 1 atom stereocenters. The van der Waals surface area contributed by atoms with Crippen molar-refractivity contribution in [3.8, 4) is 5.75 Å². The third-order valence-corrected chi connectivity index (χ3v) is 3.90. The second kappa shape index (κ2) is 9.73. The Morgan fingerprint density at radius 3 is 1.96 bits per heavy atom. The molecule has 1 heterocycles. The lowest BCUT2D eigenvalue weighted by atomic mass is 9.81. The van der Waals surface area contributed by atoms with Crippen molar-refractivity contribution in [1.82, 2.24) is 10.2 Å². The first-order valence-electron chi connectivity index (χ1n) is 8.09. The van der Waals surface area contributed by atoms with Gasteiger partial charge in [0.2, 0.25) is 0 Å². The Morgan fingerprint density at radius 2 is 1.52 bits per heavy atom. The van der Waals surface area contributed by atoms with E-state index in [2.05, 4.69) is 69.1 Å². The van der Waals surface area contributed by atoms with E-state index in [1.54, 1.807) is 0 Å². The Kier molecular flexibility index (Phi) is 9.53. The van der Waals surface area contributed by atoms with Gasteiger partial charge in [-0.25, -0.2) is 0 Å². The Bertz CT molecular complexity index is 437. The molecule has 134 valence electrons. The fourth-order valence-electron chi connectivity index (χ4n) is 3.20. The van der Waals surface area contributed by atoms with Gasteiger partial charge in [0, 0.05) is 32.2 Å². The zero-order chi connectivity index (χ0) is 15.5. The minimum absolute atomic E-state index is 0. The summed E-state index contributed by atoms with van der Waals surface area (Å²) in [5.41, 5.74) is 1.61. The van der Waals surface area contributed by atoms with Gasteiger partial charge in [-0.05, 0) is 37.0 Å². The van der Waals surface area contributed by atoms with Crippen molar-refractivity contribution in [3.63, 3.8) is 0 Å². The Balaban J connectivity index is 0.00000242. The van der Waals surface area contributed by atoms with Crippen LogP contribution in [0.15, 0.2) is 24.3 Å². The average molecular weight is 363 g/mol. The minimum Gasteiger partial charge on any atom is -0.491 e. The molecule has 23 heavy (non-hydrogen) atoms. The van der Waals surface area contributed by atoms with Crippen LogP contribution in [0.4, 0.5) is 0 Å². The van der Waals surface area contributed by atoms with Crippen LogP contribution >= 0.6 is 24.8 Å². The van der Waals surface area contributed by atoms with E-state index in [0.717, 1.165) is 31.9 Å². The van der Waals surface area contributed by atoms with Crippen LogP contribution in [-0.4, -0.2) is 37.2 Å². The average Bonchev–Trinajstić information content (AvgIpc) is 2.40. The molecular formula is C18H32Cl2N2O. The number of ether oxygens (including phenoxy) is 1. The van der Waals surface area contributed by atoms with Crippen molar-refractivity contribution in [2.45, 2.75) is 46.8 Å². The molecule has 1 aliphatic heterocycles. The van der Waals surface area contributed by atoms with Gasteiger partial charge >= 0.3 is 0 Å². The second-order valence-electron chi connectivity index (χ2n) is 7.29. The first-order chi connectivity index (χ1) is 9.88. The van der Waals surface area contributed by atoms with Gasteiger partial charge in [0.15, 0.2) is 0 Å². The molecule has 0 amide bonds. The number of halogens is 2. The molecule has 0 unspecified atom stereocenters. The number of nitrogens with one attached hydrogen (secondary N) is 1. The van der Waals surface area contributed by atoms with Crippen molar-refractivity contribution in [3.05, 3.63) is 29.8 Å². The molecule has 1 aromatic carbocycles. The number of hydrogen-bond donors (Lipinski definition) is 1. The predicted molar refractivity (Wildman–Crippen MR) is 103 cm³/mol. The summed E-state index contributed by atoms with van der Waals surface area (Å²) in [6.07, 6.45) is 0.224. The highest BCUT2D eigenvalue weighted by molar-refractivity contribution is 5.85. The van der Waals surface area contributed by atoms with Crippen molar-refractivity contribution in [2.75, 3.05) is 26.2 Å². The number of benzene rings is 1. The van der Waals surface area contributed by atoms with E-state index in [0.29, 0.717) is 6.04 Å². The number of nitrogens with zero attached hydrogens (tertiary/aromatic N) is 1. The van der Waals surface area contributed by atoms with E-state index in [1.807, 2.05) is 0 Å². The Labute approximate surface area is 154 Å². The highest BCUT2D eigenvalue weighted by atomic mass is 35.5. The molecule has 2 rings (SSSR count). The van der Waals surface area contributed by atoms with Gasteiger partial charge in [-0.2, -0.15) is 0 Å². The van der Waals surface area contributed by atoms with Crippen LogP contribution in [0.25, 0.3) is 0 Å². The zero-order valence-corrected chi connectivity index (χ0v) is 16.6. The van der Waals surface area contributed by atoms with Crippen molar-refractivity contribution >= 4 is 24.8 Å². The van der Waals surface area contributed by atoms with Crippen molar-refractivity contribution < 1.29 is 4.74 Å². The quantitative estimate of drug-likeness (QED) is 0.863. The summed E-state index contributed by atoms with van der Waals surface area (Å²) >= 11 is 0. The fourth-order valence-corrected chi connectivity index (χ4v) is 3.20. The number of hydrogen-bond acceptors (Lipinski definition) is 3. The van der Waals surface area contributed by atoms with Gasteiger partial charge in [0.25, 0.3) is 0 Å². The van der Waals surface area contributed by atoms with Crippen LogP contribution in [0.1, 0.15) is 46.2 Å². The SMILES string of the molecule is CC(C)Oc1ccc([C@@H](N2CCNCC2)C(C)(C)C)cc1.Cl.Cl.